The Morgan fingerprint density at radius 3 is 2.63 bits per heavy atom. The van der Waals surface area contributed by atoms with Crippen molar-refractivity contribution in [2.45, 2.75) is 6.54 Å². The van der Waals surface area contributed by atoms with E-state index in [0.717, 1.165) is 36.7 Å². The molecule has 0 unspecified atom stereocenters. The highest BCUT2D eigenvalue weighted by Gasteiger charge is 2.29. The molecule has 0 bridgehead atoms. The maximum Gasteiger partial charge on any atom is 0.282 e. The van der Waals surface area contributed by atoms with Crippen molar-refractivity contribution in [1.29, 1.82) is 0 Å². The van der Waals surface area contributed by atoms with E-state index in [-0.39, 0.29) is 24.0 Å². The Morgan fingerprint density at radius 2 is 1.85 bits per heavy atom. The number of fused-ring (bicyclic) bond motifs is 1. The van der Waals surface area contributed by atoms with Gasteiger partial charge < -0.3 is 19.3 Å². The van der Waals surface area contributed by atoms with Crippen molar-refractivity contribution in [1.82, 2.24) is 4.90 Å². The van der Waals surface area contributed by atoms with Crippen LogP contribution in [0, 0.1) is 10.1 Å². The third-order valence-electron chi connectivity index (χ3n) is 4.98. The number of hydrogen-bond donors (Lipinski definition) is 1. The van der Waals surface area contributed by atoms with Gasteiger partial charge in [-0.05, 0) is 24.3 Å². The Hall–Kier alpha value is -3.13. The number of rotatable bonds is 4. The molecular weight excluding hydrogens is 350 g/mol. The van der Waals surface area contributed by atoms with Crippen molar-refractivity contribution < 1.29 is 24.1 Å². The third kappa shape index (κ3) is 3.56. The molecule has 27 heavy (non-hydrogen) atoms. The van der Waals surface area contributed by atoms with Crippen LogP contribution in [-0.2, 0) is 6.54 Å². The standard InChI is InChI=1S/C19H19N3O5/c23-19(15-3-1-2-4-16(15)22(24)25)21-9-7-20(8-10-21)12-14-5-6-17-18(11-14)27-13-26-17/h1-6,11H,7-10,12-13H2/p+1. The quantitative estimate of drug-likeness (QED) is 0.637. The average molecular weight is 370 g/mol. The normalized spacial score (nSPS) is 16.4. The zero-order valence-electron chi connectivity index (χ0n) is 14.7. The molecule has 2 aliphatic rings. The highest BCUT2D eigenvalue weighted by molar-refractivity contribution is 5.98. The molecule has 8 nitrogen and oxygen atoms in total. The van der Waals surface area contributed by atoms with E-state index in [1.807, 2.05) is 18.2 Å². The molecule has 2 aromatic carbocycles. The first-order valence-electron chi connectivity index (χ1n) is 8.86. The van der Waals surface area contributed by atoms with E-state index < -0.39 is 4.92 Å². The number of quaternary nitrogens is 1. The monoisotopic (exact) mass is 370 g/mol. The summed E-state index contributed by atoms with van der Waals surface area (Å²) in [7, 11) is 0. The lowest BCUT2D eigenvalue weighted by molar-refractivity contribution is -0.917. The number of piperazine rings is 1. The van der Waals surface area contributed by atoms with Crippen molar-refractivity contribution in [3.63, 3.8) is 0 Å². The number of amides is 1. The number of nitro benzene ring substituents is 1. The van der Waals surface area contributed by atoms with E-state index in [4.69, 9.17) is 9.47 Å². The molecule has 0 saturated carbocycles. The summed E-state index contributed by atoms with van der Waals surface area (Å²) in [6.45, 7) is 3.83. The smallest absolute Gasteiger partial charge is 0.282 e. The fourth-order valence-corrected chi connectivity index (χ4v) is 3.53. The van der Waals surface area contributed by atoms with E-state index in [1.54, 1.807) is 17.0 Å². The number of nitrogens with zero attached hydrogens (tertiary/aromatic N) is 2. The first-order chi connectivity index (χ1) is 13.1. The molecule has 140 valence electrons. The van der Waals surface area contributed by atoms with Gasteiger partial charge >= 0.3 is 0 Å². The van der Waals surface area contributed by atoms with Crippen LogP contribution in [0.2, 0.25) is 0 Å². The van der Waals surface area contributed by atoms with Crippen LogP contribution in [0.25, 0.3) is 0 Å². The highest BCUT2D eigenvalue weighted by Crippen LogP contribution is 2.32. The highest BCUT2D eigenvalue weighted by atomic mass is 16.7. The second-order valence-corrected chi connectivity index (χ2v) is 6.68. The number of para-hydroxylation sites is 1. The molecule has 0 aliphatic carbocycles. The van der Waals surface area contributed by atoms with Crippen molar-refractivity contribution >= 4 is 11.6 Å². The number of carbonyl (C=O) groups excluding carboxylic acids is 1. The number of nitro groups is 1. The summed E-state index contributed by atoms with van der Waals surface area (Å²) in [5, 5.41) is 11.2. The summed E-state index contributed by atoms with van der Waals surface area (Å²) >= 11 is 0. The molecule has 1 N–H and O–H groups in total. The van der Waals surface area contributed by atoms with Gasteiger partial charge in [0.2, 0.25) is 6.79 Å². The van der Waals surface area contributed by atoms with Crippen molar-refractivity contribution in [2.75, 3.05) is 33.0 Å². The second-order valence-electron chi connectivity index (χ2n) is 6.68. The van der Waals surface area contributed by atoms with Crippen LogP contribution in [0.15, 0.2) is 42.5 Å². The summed E-state index contributed by atoms with van der Waals surface area (Å²) < 4.78 is 10.7. The number of carbonyl (C=O) groups is 1. The maximum atomic E-state index is 12.7. The molecular formula is C19H20N3O5+. The molecule has 0 radical (unpaired) electrons. The summed E-state index contributed by atoms with van der Waals surface area (Å²) in [6, 6.07) is 12.1. The topological polar surface area (TPSA) is 86.4 Å². The van der Waals surface area contributed by atoms with E-state index >= 15 is 0 Å². The van der Waals surface area contributed by atoms with Crippen LogP contribution in [0.1, 0.15) is 15.9 Å². The molecule has 0 spiro atoms. The van der Waals surface area contributed by atoms with Gasteiger partial charge in [-0.15, -0.1) is 0 Å². The van der Waals surface area contributed by atoms with Gasteiger partial charge in [-0.2, -0.15) is 0 Å². The molecule has 2 heterocycles. The Labute approximate surface area is 156 Å². The summed E-state index contributed by atoms with van der Waals surface area (Å²) in [5.41, 5.74) is 1.17. The Morgan fingerprint density at radius 1 is 1.11 bits per heavy atom. The lowest BCUT2D eigenvalue weighted by atomic mass is 10.1. The molecule has 2 aliphatic heterocycles. The van der Waals surface area contributed by atoms with Crippen LogP contribution in [0.4, 0.5) is 5.69 Å². The van der Waals surface area contributed by atoms with Gasteiger partial charge in [0.1, 0.15) is 12.1 Å². The number of nitrogens with one attached hydrogen (secondary N) is 1. The minimum Gasteiger partial charge on any atom is -0.454 e. The molecule has 0 atom stereocenters. The first-order valence-corrected chi connectivity index (χ1v) is 8.86. The second kappa shape index (κ2) is 7.24. The van der Waals surface area contributed by atoms with Crippen molar-refractivity contribution in [2.24, 2.45) is 0 Å². The Bertz CT molecular complexity index is 877. The first kappa shape index (κ1) is 17.3. The molecule has 1 amide bonds. The van der Waals surface area contributed by atoms with Gasteiger partial charge in [0.05, 0.1) is 31.1 Å². The fraction of sp³-hybridized carbons (Fsp3) is 0.316. The third-order valence-corrected chi connectivity index (χ3v) is 4.98. The molecule has 2 aromatic rings. The van der Waals surface area contributed by atoms with Crippen LogP contribution < -0.4 is 14.4 Å². The van der Waals surface area contributed by atoms with Gasteiger partial charge in [0, 0.05) is 11.6 Å². The molecule has 1 fully saturated rings. The Kier molecular flexibility index (Phi) is 4.64. The van der Waals surface area contributed by atoms with Crippen molar-refractivity contribution in [3.05, 3.63) is 63.7 Å². The fourth-order valence-electron chi connectivity index (χ4n) is 3.53. The van der Waals surface area contributed by atoms with E-state index in [9.17, 15) is 14.9 Å². The lowest BCUT2D eigenvalue weighted by Crippen LogP contribution is -3.13. The molecule has 1 saturated heterocycles. The lowest BCUT2D eigenvalue weighted by Gasteiger charge is -2.32. The zero-order chi connectivity index (χ0) is 18.8. The zero-order valence-corrected chi connectivity index (χ0v) is 14.7. The minimum absolute atomic E-state index is 0.141. The maximum absolute atomic E-state index is 12.7. The van der Waals surface area contributed by atoms with E-state index in [1.165, 1.54) is 17.0 Å². The predicted octanol–water partition coefficient (Wildman–Crippen LogP) is 0.864. The predicted molar refractivity (Wildman–Crippen MR) is 96.0 cm³/mol. The number of benzene rings is 2. The van der Waals surface area contributed by atoms with E-state index in [2.05, 4.69) is 0 Å². The van der Waals surface area contributed by atoms with E-state index in [0.29, 0.717) is 13.1 Å². The summed E-state index contributed by atoms with van der Waals surface area (Å²) in [4.78, 5) is 26.4. The van der Waals surface area contributed by atoms with Gasteiger partial charge in [-0.25, -0.2) is 0 Å². The van der Waals surface area contributed by atoms with Gasteiger partial charge in [-0.1, -0.05) is 12.1 Å². The van der Waals surface area contributed by atoms with Crippen LogP contribution >= 0.6 is 0 Å². The summed E-state index contributed by atoms with van der Waals surface area (Å²) in [6.07, 6.45) is 0. The molecule has 4 rings (SSSR count). The largest absolute Gasteiger partial charge is 0.454 e. The number of hydrogen-bond acceptors (Lipinski definition) is 5. The van der Waals surface area contributed by atoms with Crippen molar-refractivity contribution in [3.8, 4) is 11.5 Å². The number of ether oxygens (including phenoxy) is 2. The molecule has 0 aromatic heterocycles. The van der Waals surface area contributed by atoms with Gasteiger partial charge in [-0.3, -0.25) is 14.9 Å². The Balaban J connectivity index is 1.38. The van der Waals surface area contributed by atoms with Crippen LogP contribution in [-0.4, -0.2) is 48.7 Å². The summed E-state index contributed by atoms with van der Waals surface area (Å²) in [5.74, 6) is 1.27. The minimum atomic E-state index is -0.506. The van der Waals surface area contributed by atoms with Gasteiger partial charge in [0.25, 0.3) is 11.6 Å². The SMILES string of the molecule is O=C(c1ccccc1[N+](=O)[O-])N1CC[NH+](Cc2ccc3c(c2)OCO3)CC1. The van der Waals surface area contributed by atoms with Crippen LogP contribution in [0.5, 0.6) is 11.5 Å². The molecule has 8 heteroatoms. The average Bonchev–Trinajstić information content (AvgIpc) is 3.16. The van der Waals surface area contributed by atoms with Crippen LogP contribution in [0.3, 0.4) is 0 Å². The van der Waals surface area contributed by atoms with Gasteiger partial charge in [0.15, 0.2) is 11.5 Å².